The Kier molecular flexibility index (Phi) is 15.2. The summed E-state index contributed by atoms with van der Waals surface area (Å²) in [5.41, 5.74) is 0. The van der Waals surface area contributed by atoms with Crippen LogP contribution in [0.2, 0.25) is 0 Å². The van der Waals surface area contributed by atoms with Gasteiger partial charge in [-0.1, -0.05) is 76.2 Å². The van der Waals surface area contributed by atoms with Gasteiger partial charge in [-0.25, -0.2) is 0 Å². The van der Waals surface area contributed by atoms with E-state index in [0.29, 0.717) is 6.42 Å². The average molecular weight is 280 g/mol. The third kappa shape index (κ3) is 16.9. The number of carbonyl (C=O) groups is 1. The molecule has 0 saturated carbocycles. The maximum absolute atomic E-state index is 10.3. The molecule has 0 amide bonds. The lowest BCUT2D eigenvalue weighted by Gasteiger charge is -1.99. The first-order valence-corrected chi connectivity index (χ1v) is 8.30. The molecule has 0 atom stereocenters. The van der Waals surface area contributed by atoms with Crippen molar-refractivity contribution in [3.05, 3.63) is 24.3 Å². The van der Waals surface area contributed by atoms with Gasteiger partial charge in [0.25, 0.3) is 0 Å². The highest BCUT2D eigenvalue weighted by molar-refractivity contribution is 5.66. The maximum atomic E-state index is 10.3. The number of carboxylic acids is 1. The fourth-order valence-corrected chi connectivity index (χ4v) is 2.09. The normalized spacial score (nSPS) is 11.7. The Morgan fingerprint density at radius 3 is 1.85 bits per heavy atom. The Bertz CT molecular complexity index is 267. The summed E-state index contributed by atoms with van der Waals surface area (Å²) in [6.07, 6.45) is 22.3. The van der Waals surface area contributed by atoms with Crippen molar-refractivity contribution in [3.8, 4) is 0 Å². The second kappa shape index (κ2) is 16.0. The van der Waals surface area contributed by atoms with E-state index < -0.39 is 5.97 Å². The van der Waals surface area contributed by atoms with Crippen molar-refractivity contribution >= 4 is 5.97 Å². The van der Waals surface area contributed by atoms with Gasteiger partial charge in [-0.05, 0) is 25.7 Å². The van der Waals surface area contributed by atoms with Crippen molar-refractivity contribution in [3.63, 3.8) is 0 Å². The number of aliphatic carboxylic acids is 1. The zero-order chi connectivity index (χ0) is 14.9. The Labute approximate surface area is 125 Å². The van der Waals surface area contributed by atoms with E-state index in [1.54, 1.807) is 0 Å². The topological polar surface area (TPSA) is 37.3 Å². The maximum Gasteiger partial charge on any atom is 0.303 e. The summed E-state index contributed by atoms with van der Waals surface area (Å²) in [5.74, 6) is -0.666. The molecule has 2 heteroatoms. The summed E-state index contributed by atoms with van der Waals surface area (Å²) in [7, 11) is 0. The number of hydrogen-bond acceptors (Lipinski definition) is 1. The number of carboxylic acid groups (broad SMARTS) is 1. The molecular weight excluding hydrogens is 248 g/mol. The van der Waals surface area contributed by atoms with Gasteiger partial charge in [0.15, 0.2) is 0 Å². The Balaban J connectivity index is 3.14. The Morgan fingerprint density at radius 2 is 1.30 bits per heavy atom. The second-order valence-corrected chi connectivity index (χ2v) is 5.41. The second-order valence-electron chi connectivity index (χ2n) is 5.41. The molecule has 1 N–H and O–H groups in total. The summed E-state index contributed by atoms with van der Waals surface area (Å²) in [6.45, 7) is 2.22. The van der Waals surface area contributed by atoms with Crippen LogP contribution in [-0.2, 0) is 4.79 Å². The van der Waals surface area contributed by atoms with Gasteiger partial charge < -0.3 is 5.11 Å². The first-order valence-electron chi connectivity index (χ1n) is 8.30. The minimum atomic E-state index is -0.666. The fraction of sp³-hybridized carbons (Fsp3) is 0.722. The molecule has 20 heavy (non-hydrogen) atoms. The number of hydrogen-bond donors (Lipinski definition) is 1. The first kappa shape index (κ1) is 18.9. The van der Waals surface area contributed by atoms with E-state index in [-0.39, 0.29) is 0 Å². The highest BCUT2D eigenvalue weighted by Gasteiger charge is 1.96. The van der Waals surface area contributed by atoms with Crippen LogP contribution in [0.4, 0.5) is 0 Å². The van der Waals surface area contributed by atoms with Crippen molar-refractivity contribution in [1.29, 1.82) is 0 Å². The summed E-state index contributed by atoms with van der Waals surface area (Å²) < 4.78 is 0. The van der Waals surface area contributed by atoms with Crippen molar-refractivity contribution < 1.29 is 9.90 Å². The zero-order valence-electron chi connectivity index (χ0n) is 13.2. The van der Waals surface area contributed by atoms with Crippen molar-refractivity contribution in [2.75, 3.05) is 0 Å². The van der Waals surface area contributed by atoms with E-state index in [9.17, 15) is 4.79 Å². The van der Waals surface area contributed by atoms with Crippen LogP contribution >= 0.6 is 0 Å². The largest absolute Gasteiger partial charge is 0.481 e. The molecule has 0 bridgehead atoms. The van der Waals surface area contributed by atoms with Gasteiger partial charge in [-0.3, -0.25) is 4.79 Å². The predicted molar refractivity (Wildman–Crippen MR) is 87.0 cm³/mol. The third-order valence-corrected chi connectivity index (χ3v) is 3.37. The summed E-state index contributed by atoms with van der Waals surface area (Å²) in [4.78, 5) is 10.3. The minimum Gasteiger partial charge on any atom is -0.481 e. The average Bonchev–Trinajstić information content (AvgIpc) is 2.43. The minimum absolute atomic E-state index is 0.330. The first-order chi connectivity index (χ1) is 9.77. The van der Waals surface area contributed by atoms with Crippen LogP contribution in [0.15, 0.2) is 24.3 Å². The molecule has 0 rings (SSSR count). The lowest BCUT2D eigenvalue weighted by molar-refractivity contribution is -0.137. The van der Waals surface area contributed by atoms with Gasteiger partial charge in [-0.15, -0.1) is 0 Å². The van der Waals surface area contributed by atoms with Crippen LogP contribution in [0.3, 0.4) is 0 Å². The van der Waals surface area contributed by atoms with Crippen LogP contribution in [0.25, 0.3) is 0 Å². The molecule has 0 aliphatic rings. The van der Waals surface area contributed by atoms with Gasteiger partial charge in [0.1, 0.15) is 0 Å². The predicted octanol–water partition coefficient (Wildman–Crippen LogP) is 5.88. The van der Waals surface area contributed by atoms with Gasteiger partial charge in [0, 0.05) is 6.42 Å². The van der Waals surface area contributed by atoms with E-state index >= 15 is 0 Å². The van der Waals surface area contributed by atoms with E-state index in [4.69, 9.17) is 5.11 Å². The third-order valence-electron chi connectivity index (χ3n) is 3.37. The van der Waals surface area contributed by atoms with Gasteiger partial charge >= 0.3 is 5.97 Å². The molecule has 0 aromatic rings. The standard InChI is InChI=1S/C18H32O2/c1-2-3-4-5-6-7-8-9-10-11-12-13-14-15-16-17-18(19)20/h5-8H,2-4,9-17H2,1H3,(H,19,20)/b6-5?,8-7+. The molecule has 2 nitrogen and oxygen atoms in total. The molecular formula is C18H32O2. The van der Waals surface area contributed by atoms with Gasteiger partial charge in [0.2, 0.25) is 0 Å². The molecule has 0 aliphatic carbocycles. The molecule has 116 valence electrons. The highest BCUT2D eigenvalue weighted by Crippen LogP contribution is 2.10. The summed E-state index contributed by atoms with van der Waals surface area (Å²) in [5, 5.41) is 8.51. The van der Waals surface area contributed by atoms with Crippen molar-refractivity contribution in [2.24, 2.45) is 0 Å². The van der Waals surface area contributed by atoms with Crippen LogP contribution in [0.5, 0.6) is 0 Å². The lowest BCUT2D eigenvalue weighted by Crippen LogP contribution is -1.93. The van der Waals surface area contributed by atoms with E-state index in [2.05, 4.69) is 31.2 Å². The highest BCUT2D eigenvalue weighted by atomic mass is 16.4. The fourth-order valence-electron chi connectivity index (χ4n) is 2.09. The van der Waals surface area contributed by atoms with E-state index in [0.717, 1.165) is 12.8 Å². The Morgan fingerprint density at radius 1 is 0.800 bits per heavy atom. The number of allylic oxidation sites excluding steroid dienone is 4. The van der Waals surface area contributed by atoms with Crippen LogP contribution < -0.4 is 0 Å². The summed E-state index contributed by atoms with van der Waals surface area (Å²) >= 11 is 0. The molecule has 0 radical (unpaired) electrons. The van der Waals surface area contributed by atoms with E-state index in [1.807, 2.05) is 0 Å². The lowest BCUT2D eigenvalue weighted by atomic mass is 10.1. The quantitative estimate of drug-likeness (QED) is 0.318. The number of unbranched alkanes of at least 4 members (excludes halogenated alkanes) is 9. The molecule has 0 fully saturated rings. The zero-order valence-corrected chi connectivity index (χ0v) is 13.2. The Hall–Kier alpha value is -1.05. The van der Waals surface area contributed by atoms with E-state index in [1.165, 1.54) is 57.8 Å². The monoisotopic (exact) mass is 280 g/mol. The summed E-state index contributed by atoms with van der Waals surface area (Å²) in [6, 6.07) is 0. The molecule has 0 aromatic carbocycles. The van der Waals surface area contributed by atoms with Crippen LogP contribution in [0.1, 0.15) is 84.0 Å². The molecule has 0 saturated heterocycles. The number of rotatable bonds is 14. The molecule has 0 unspecified atom stereocenters. The van der Waals surface area contributed by atoms with Gasteiger partial charge in [0.05, 0.1) is 0 Å². The molecule has 0 aliphatic heterocycles. The van der Waals surface area contributed by atoms with Gasteiger partial charge in [-0.2, -0.15) is 0 Å². The van der Waals surface area contributed by atoms with Crippen molar-refractivity contribution in [2.45, 2.75) is 84.0 Å². The van der Waals surface area contributed by atoms with Crippen LogP contribution in [-0.4, -0.2) is 11.1 Å². The van der Waals surface area contributed by atoms with Crippen molar-refractivity contribution in [1.82, 2.24) is 0 Å². The smallest absolute Gasteiger partial charge is 0.303 e. The van der Waals surface area contributed by atoms with Crippen LogP contribution in [0, 0.1) is 0 Å². The SMILES string of the molecule is CCCCC=C/C=C/CCCCCCCCCC(=O)O. The molecule has 0 aromatic heterocycles. The molecule has 0 spiro atoms. The molecule has 0 heterocycles.